The van der Waals surface area contributed by atoms with Crippen molar-refractivity contribution in [1.29, 1.82) is 0 Å². The van der Waals surface area contributed by atoms with E-state index in [1.807, 2.05) is 12.1 Å². The minimum atomic E-state index is -4.79. The lowest BCUT2D eigenvalue weighted by molar-refractivity contribution is -0.275. The highest BCUT2D eigenvalue weighted by Gasteiger charge is 2.35. The highest BCUT2D eigenvalue weighted by Crippen LogP contribution is 2.40. The highest BCUT2D eigenvalue weighted by molar-refractivity contribution is 5.58. The van der Waals surface area contributed by atoms with Crippen molar-refractivity contribution in [3.63, 3.8) is 0 Å². The van der Waals surface area contributed by atoms with Crippen LogP contribution in [-0.4, -0.2) is 61.2 Å². The van der Waals surface area contributed by atoms with Gasteiger partial charge in [0.05, 0.1) is 19.3 Å². The lowest BCUT2D eigenvalue weighted by Gasteiger charge is -2.36. The molecule has 5 rings (SSSR count). The number of fused-ring (bicyclic) bond motifs is 1. The maximum Gasteiger partial charge on any atom is 0.573 e. The largest absolute Gasteiger partial charge is 0.573 e. The molecule has 2 aliphatic rings. The van der Waals surface area contributed by atoms with Crippen molar-refractivity contribution in [1.82, 2.24) is 15.0 Å². The Morgan fingerprint density at radius 2 is 1.89 bits per heavy atom. The van der Waals surface area contributed by atoms with Gasteiger partial charge in [-0.05, 0) is 25.0 Å². The standard InChI is InChI=1S/C25H27F3N6O3/c1-33-19(18-5-3-4-6-20(18)37-25(26,27)28)15-36-21-14-30-24(32-23(21)33)31-16-8-11-34(12-9-16)17-7-10-29-22(13-17)35-2/h3-7,10,13-14,16,19H,8-9,11-12,15H2,1-2H3,(H,30,31,32). The molecule has 2 aliphatic heterocycles. The molecule has 37 heavy (non-hydrogen) atoms. The lowest BCUT2D eigenvalue weighted by Crippen LogP contribution is -2.39. The van der Waals surface area contributed by atoms with Gasteiger partial charge in [-0.15, -0.1) is 13.2 Å². The van der Waals surface area contributed by atoms with Crippen LogP contribution < -0.4 is 29.3 Å². The number of piperidine rings is 1. The van der Waals surface area contributed by atoms with Crippen LogP contribution in [0.2, 0.25) is 0 Å². The average Bonchev–Trinajstić information content (AvgIpc) is 2.89. The van der Waals surface area contributed by atoms with Crippen molar-refractivity contribution in [2.75, 3.05) is 49.0 Å². The number of benzene rings is 1. The number of aromatic nitrogens is 3. The van der Waals surface area contributed by atoms with Crippen LogP contribution in [0, 0.1) is 0 Å². The van der Waals surface area contributed by atoms with Gasteiger partial charge in [0, 0.05) is 49.7 Å². The van der Waals surface area contributed by atoms with Crippen LogP contribution in [0.15, 0.2) is 48.8 Å². The van der Waals surface area contributed by atoms with E-state index < -0.39 is 12.4 Å². The molecule has 1 N–H and O–H groups in total. The number of nitrogens with zero attached hydrogens (tertiary/aromatic N) is 5. The van der Waals surface area contributed by atoms with Crippen LogP contribution in [0.25, 0.3) is 0 Å². The molecule has 0 bridgehead atoms. The monoisotopic (exact) mass is 516 g/mol. The summed E-state index contributed by atoms with van der Waals surface area (Å²) in [7, 11) is 3.37. The number of rotatable bonds is 6. The van der Waals surface area contributed by atoms with E-state index in [1.165, 1.54) is 12.1 Å². The predicted octanol–water partition coefficient (Wildman–Crippen LogP) is 4.43. The number of hydrogen-bond donors (Lipinski definition) is 1. The molecule has 4 heterocycles. The summed E-state index contributed by atoms with van der Waals surface area (Å²) in [4.78, 5) is 17.3. The van der Waals surface area contributed by atoms with Gasteiger partial charge in [0.15, 0.2) is 11.6 Å². The molecule has 1 saturated heterocycles. The van der Waals surface area contributed by atoms with Crippen molar-refractivity contribution in [2.45, 2.75) is 31.3 Å². The van der Waals surface area contributed by atoms with E-state index in [2.05, 4.69) is 29.9 Å². The van der Waals surface area contributed by atoms with Crippen LogP contribution >= 0.6 is 0 Å². The van der Waals surface area contributed by atoms with E-state index in [0.717, 1.165) is 31.6 Å². The number of hydrogen-bond acceptors (Lipinski definition) is 9. The fourth-order valence-electron chi connectivity index (χ4n) is 4.66. The number of pyridine rings is 1. The van der Waals surface area contributed by atoms with Gasteiger partial charge in [-0.25, -0.2) is 9.97 Å². The summed E-state index contributed by atoms with van der Waals surface area (Å²) in [5.41, 5.74) is 1.43. The second-order valence-corrected chi connectivity index (χ2v) is 8.87. The van der Waals surface area contributed by atoms with E-state index in [4.69, 9.17) is 9.47 Å². The fourth-order valence-corrected chi connectivity index (χ4v) is 4.66. The van der Waals surface area contributed by atoms with Crippen LogP contribution in [0.5, 0.6) is 17.4 Å². The van der Waals surface area contributed by atoms with Gasteiger partial charge >= 0.3 is 6.36 Å². The Labute approximate surface area is 212 Å². The van der Waals surface area contributed by atoms with Gasteiger partial charge in [0.2, 0.25) is 11.8 Å². The van der Waals surface area contributed by atoms with Gasteiger partial charge in [-0.3, -0.25) is 0 Å². The fraction of sp³-hybridized carbons (Fsp3) is 0.400. The Hall–Kier alpha value is -3.96. The van der Waals surface area contributed by atoms with Gasteiger partial charge in [-0.2, -0.15) is 4.98 Å². The number of nitrogens with one attached hydrogen (secondary N) is 1. The minimum Gasteiger partial charge on any atom is -0.486 e. The average molecular weight is 517 g/mol. The number of likely N-dealkylation sites (N-methyl/N-ethyl adjacent to an activating group) is 1. The minimum absolute atomic E-state index is 0.135. The molecule has 0 spiro atoms. The van der Waals surface area contributed by atoms with Crippen molar-refractivity contribution in [3.8, 4) is 17.4 Å². The van der Waals surface area contributed by atoms with Gasteiger partial charge in [0.1, 0.15) is 12.4 Å². The third kappa shape index (κ3) is 5.57. The van der Waals surface area contributed by atoms with E-state index in [1.54, 1.807) is 43.6 Å². The topological polar surface area (TPSA) is 84.9 Å². The molecule has 9 nitrogen and oxygen atoms in total. The van der Waals surface area contributed by atoms with E-state index >= 15 is 0 Å². The first-order valence-corrected chi connectivity index (χ1v) is 11.9. The number of methoxy groups -OCH3 is 1. The van der Waals surface area contributed by atoms with Crippen molar-refractivity contribution in [2.24, 2.45) is 0 Å². The Balaban J connectivity index is 1.27. The molecule has 1 aromatic carbocycles. The summed E-state index contributed by atoms with van der Waals surface area (Å²) in [5.74, 6) is 1.73. The molecular weight excluding hydrogens is 489 g/mol. The third-order valence-electron chi connectivity index (χ3n) is 6.56. The summed E-state index contributed by atoms with van der Waals surface area (Å²) < 4.78 is 54.1. The maximum absolute atomic E-state index is 12.9. The molecule has 0 saturated carbocycles. The molecule has 0 radical (unpaired) electrons. The van der Waals surface area contributed by atoms with Crippen LogP contribution in [0.3, 0.4) is 0 Å². The number of alkyl halides is 3. The highest BCUT2D eigenvalue weighted by atomic mass is 19.4. The van der Waals surface area contributed by atoms with Crippen molar-refractivity contribution in [3.05, 3.63) is 54.4 Å². The zero-order valence-electron chi connectivity index (χ0n) is 20.4. The van der Waals surface area contributed by atoms with Crippen LogP contribution in [0.4, 0.5) is 30.6 Å². The first kappa shape index (κ1) is 24.7. The molecule has 1 fully saturated rings. The summed E-state index contributed by atoms with van der Waals surface area (Å²) >= 11 is 0. The van der Waals surface area contributed by atoms with Crippen LogP contribution in [-0.2, 0) is 0 Å². The third-order valence-corrected chi connectivity index (χ3v) is 6.56. The molecule has 196 valence electrons. The van der Waals surface area contributed by atoms with Crippen LogP contribution in [0.1, 0.15) is 24.4 Å². The molecular formula is C25H27F3N6O3. The quantitative estimate of drug-likeness (QED) is 0.512. The SMILES string of the molecule is COc1cc(N2CCC(Nc3ncc4c(n3)N(C)C(c3ccccc3OC(F)(F)F)CO4)CC2)ccn1. The van der Waals surface area contributed by atoms with E-state index in [9.17, 15) is 13.2 Å². The number of halogens is 3. The normalized spacial score (nSPS) is 18.1. The summed E-state index contributed by atoms with van der Waals surface area (Å²) in [5, 5.41) is 3.40. The number of para-hydroxylation sites is 1. The first-order chi connectivity index (χ1) is 17.8. The van der Waals surface area contributed by atoms with Gasteiger partial charge in [0.25, 0.3) is 0 Å². The van der Waals surface area contributed by atoms with E-state index in [0.29, 0.717) is 29.0 Å². The van der Waals surface area contributed by atoms with Gasteiger partial charge in [-0.1, -0.05) is 18.2 Å². The number of ether oxygens (including phenoxy) is 3. The zero-order chi connectivity index (χ0) is 26.0. The van der Waals surface area contributed by atoms with Gasteiger partial charge < -0.3 is 29.3 Å². The Kier molecular flexibility index (Phi) is 6.81. The molecule has 2 aromatic heterocycles. The Bertz CT molecular complexity index is 1240. The van der Waals surface area contributed by atoms with Crippen molar-refractivity contribution >= 4 is 17.5 Å². The first-order valence-electron chi connectivity index (χ1n) is 11.9. The second-order valence-electron chi connectivity index (χ2n) is 8.87. The maximum atomic E-state index is 12.9. The molecule has 1 atom stereocenters. The molecule has 3 aromatic rings. The summed E-state index contributed by atoms with van der Waals surface area (Å²) in [6.45, 7) is 1.82. The summed E-state index contributed by atoms with van der Waals surface area (Å²) in [6.07, 6.45) is 0.289. The summed E-state index contributed by atoms with van der Waals surface area (Å²) in [6, 6.07) is 9.61. The van der Waals surface area contributed by atoms with E-state index in [-0.39, 0.29) is 18.4 Å². The molecule has 0 amide bonds. The zero-order valence-corrected chi connectivity index (χ0v) is 20.4. The predicted molar refractivity (Wildman–Crippen MR) is 131 cm³/mol. The molecule has 12 heteroatoms. The van der Waals surface area contributed by atoms with Crippen molar-refractivity contribution < 1.29 is 27.4 Å². The molecule has 1 unspecified atom stereocenters. The second kappa shape index (κ2) is 10.2. The Morgan fingerprint density at radius 3 is 2.65 bits per heavy atom. The Morgan fingerprint density at radius 1 is 1.11 bits per heavy atom. The number of anilines is 3. The molecule has 0 aliphatic carbocycles. The lowest BCUT2D eigenvalue weighted by atomic mass is 10.0. The smallest absolute Gasteiger partial charge is 0.486 e.